The van der Waals surface area contributed by atoms with E-state index in [0.29, 0.717) is 5.76 Å². The minimum Gasteiger partial charge on any atom is -0.459 e. The van der Waals surface area contributed by atoms with Gasteiger partial charge in [-0.25, -0.2) is 4.98 Å². The van der Waals surface area contributed by atoms with Gasteiger partial charge in [0.2, 0.25) is 5.91 Å². The minimum absolute atomic E-state index is 0.0997. The Morgan fingerprint density at radius 3 is 2.62 bits per heavy atom. The van der Waals surface area contributed by atoms with E-state index in [1.165, 1.54) is 0 Å². The number of fused-ring (bicyclic) bond motifs is 1. The highest BCUT2D eigenvalue weighted by molar-refractivity contribution is 5.82. The summed E-state index contributed by atoms with van der Waals surface area (Å²) in [7, 11) is 0. The monoisotopic (exact) mass is 345 g/mol. The average Bonchev–Trinajstić information content (AvgIpc) is 3.35. The first-order valence-electron chi connectivity index (χ1n) is 8.53. The highest BCUT2D eigenvalue weighted by Gasteiger charge is 2.24. The van der Waals surface area contributed by atoms with Crippen LogP contribution < -0.4 is 5.32 Å². The molecule has 0 aliphatic rings. The van der Waals surface area contributed by atoms with E-state index < -0.39 is 0 Å². The number of benzene rings is 2. The number of carbonyl (C=O) groups excluding carboxylic acids is 1. The number of imidazole rings is 1. The fraction of sp³-hybridized carbons (Fsp3) is 0.143. The highest BCUT2D eigenvalue weighted by Crippen LogP contribution is 2.28. The number of hydrogen-bond acceptors (Lipinski definition) is 3. The minimum atomic E-state index is -0.368. The van der Waals surface area contributed by atoms with Crippen molar-refractivity contribution < 1.29 is 9.21 Å². The van der Waals surface area contributed by atoms with Crippen LogP contribution in [-0.2, 0) is 4.79 Å². The molecule has 1 amide bonds. The molecule has 1 N–H and O–H groups in total. The molecule has 0 saturated heterocycles. The van der Waals surface area contributed by atoms with Crippen molar-refractivity contribution in [1.29, 1.82) is 0 Å². The van der Waals surface area contributed by atoms with E-state index in [4.69, 9.17) is 4.42 Å². The van der Waals surface area contributed by atoms with E-state index in [2.05, 4.69) is 10.3 Å². The van der Waals surface area contributed by atoms with Crippen LogP contribution in [0.4, 0.5) is 0 Å². The number of rotatable bonds is 5. The van der Waals surface area contributed by atoms with Gasteiger partial charge in [-0.1, -0.05) is 48.5 Å². The van der Waals surface area contributed by atoms with E-state index >= 15 is 0 Å². The van der Waals surface area contributed by atoms with Gasteiger partial charge in [-0.05, 0) is 24.6 Å². The molecule has 0 unspecified atom stereocenters. The Morgan fingerprint density at radius 1 is 1.12 bits per heavy atom. The first kappa shape index (κ1) is 16.1. The number of nitrogens with zero attached hydrogens (tertiary/aromatic N) is 2. The molecule has 2 aromatic heterocycles. The Balaban J connectivity index is 1.68. The lowest BCUT2D eigenvalue weighted by molar-refractivity contribution is -0.124. The Morgan fingerprint density at radius 2 is 1.88 bits per heavy atom. The van der Waals surface area contributed by atoms with Crippen molar-refractivity contribution in [2.75, 3.05) is 0 Å². The molecule has 4 aromatic rings. The van der Waals surface area contributed by atoms with E-state index in [-0.39, 0.29) is 18.0 Å². The van der Waals surface area contributed by atoms with Crippen LogP contribution in [0, 0.1) is 0 Å². The van der Waals surface area contributed by atoms with Crippen LogP contribution in [0.15, 0.2) is 83.8 Å². The summed E-state index contributed by atoms with van der Waals surface area (Å²) in [5.74, 6) is 0.612. The predicted molar refractivity (Wildman–Crippen MR) is 99.6 cm³/mol. The molecule has 4 rings (SSSR count). The fourth-order valence-electron chi connectivity index (χ4n) is 3.01. The lowest BCUT2D eigenvalue weighted by Gasteiger charge is -2.20. The second-order valence-electron chi connectivity index (χ2n) is 6.22. The maximum absolute atomic E-state index is 12.8. The van der Waals surface area contributed by atoms with Gasteiger partial charge in [0.15, 0.2) is 0 Å². The van der Waals surface area contributed by atoms with Crippen LogP contribution in [0.5, 0.6) is 0 Å². The van der Waals surface area contributed by atoms with Gasteiger partial charge >= 0.3 is 0 Å². The largest absolute Gasteiger partial charge is 0.459 e. The lowest BCUT2D eigenvalue weighted by atomic mass is 10.0. The lowest BCUT2D eigenvalue weighted by Crippen LogP contribution is -2.34. The van der Waals surface area contributed by atoms with Crippen LogP contribution in [0.25, 0.3) is 11.0 Å². The van der Waals surface area contributed by atoms with Gasteiger partial charge in [-0.2, -0.15) is 0 Å². The first-order valence-corrected chi connectivity index (χ1v) is 8.53. The molecule has 0 spiro atoms. The molecule has 0 bridgehead atoms. The van der Waals surface area contributed by atoms with Gasteiger partial charge in [-0.3, -0.25) is 4.79 Å². The van der Waals surface area contributed by atoms with Crippen molar-refractivity contribution in [2.45, 2.75) is 19.0 Å². The third-order valence-corrected chi connectivity index (χ3v) is 4.50. The van der Waals surface area contributed by atoms with Crippen molar-refractivity contribution in [3.05, 3.63) is 90.7 Å². The zero-order valence-electron chi connectivity index (χ0n) is 14.4. The van der Waals surface area contributed by atoms with Crippen LogP contribution in [0.1, 0.15) is 30.3 Å². The van der Waals surface area contributed by atoms with Crippen molar-refractivity contribution in [3.8, 4) is 0 Å². The second kappa shape index (κ2) is 6.88. The van der Waals surface area contributed by atoms with Gasteiger partial charge < -0.3 is 14.3 Å². The van der Waals surface area contributed by atoms with Crippen molar-refractivity contribution in [2.24, 2.45) is 0 Å². The van der Waals surface area contributed by atoms with Crippen LogP contribution in [-0.4, -0.2) is 15.5 Å². The van der Waals surface area contributed by atoms with Gasteiger partial charge in [0.25, 0.3) is 0 Å². The van der Waals surface area contributed by atoms with Crippen LogP contribution >= 0.6 is 0 Å². The zero-order valence-corrected chi connectivity index (χ0v) is 14.4. The molecule has 0 aliphatic heterocycles. The van der Waals surface area contributed by atoms with Gasteiger partial charge in [-0.15, -0.1) is 0 Å². The Hall–Kier alpha value is -3.34. The fourth-order valence-corrected chi connectivity index (χ4v) is 3.01. The van der Waals surface area contributed by atoms with E-state index in [9.17, 15) is 4.79 Å². The SMILES string of the molecule is C[C@H](C(=O)N[C@H](c1ccccc1)c1cc2ccccc2o1)n1ccnc1. The van der Waals surface area contributed by atoms with Gasteiger partial charge in [0, 0.05) is 17.8 Å². The molecule has 0 aliphatic carbocycles. The number of carbonyl (C=O) groups is 1. The molecule has 5 nitrogen and oxygen atoms in total. The number of amides is 1. The average molecular weight is 345 g/mol. The quantitative estimate of drug-likeness (QED) is 0.592. The van der Waals surface area contributed by atoms with E-state index in [1.807, 2.05) is 67.6 Å². The summed E-state index contributed by atoms with van der Waals surface area (Å²) in [5.41, 5.74) is 1.78. The molecule has 130 valence electrons. The summed E-state index contributed by atoms with van der Waals surface area (Å²) in [6.07, 6.45) is 5.09. The molecule has 2 heterocycles. The van der Waals surface area contributed by atoms with E-state index in [0.717, 1.165) is 16.5 Å². The highest BCUT2D eigenvalue weighted by atomic mass is 16.3. The topological polar surface area (TPSA) is 60.1 Å². The molecule has 0 saturated carbocycles. The standard InChI is InChI=1S/C21H19N3O2/c1-15(24-12-11-22-14-24)21(25)23-20(16-7-3-2-4-8-16)19-13-17-9-5-6-10-18(17)26-19/h2-15,20H,1H3,(H,23,25)/t15-,20-/m1/s1. The third kappa shape index (κ3) is 3.11. The van der Waals surface area contributed by atoms with Gasteiger partial charge in [0.05, 0.1) is 6.33 Å². The Labute approximate surface area is 151 Å². The summed E-state index contributed by atoms with van der Waals surface area (Å²) in [4.78, 5) is 16.8. The number of nitrogens with one attached hydrogen (secondary N) is 1. The number of hydrogen-bond donors (Lipinski definition) is 1. The molecule has 2 aromatic carbocycles. The molecular formula is C21H19N3O2. The molecule has 0 radical (unpaired) electrons. The zero-order chi connectivity index (χ0) is 17.9. The van der Waals surface area contributed by atoms with Crippen molar-refractivity contribution >= 4 is 16.9 Å². The van der Waals surface area contributed by atoms with Crippen LogP contribution in [0.2, 0.25) is 0 Å². The van der Waals surface area contributed by atoms with Crippen molar-refractivity contribution in [1.82, 2.24) is 14.9 Å². The summed E-state index contributed by atoms with van der Waals surface area (Å²) in [6, 6.07) is 18.9. The first-order chi connectivity index (χ1) is 12.7. The molecule has 5 heteroatoms. The molecule has 26 heavy (non-hydrogen) atoms. The smallest absolute Gasteiger partial charge is 0.243 e. The van der Waals surface area contributed by atoms with Crippen LogP contribution in [0.3, 0.4) is 0 Å². The second-order valence-corrected chi connectivity index (χ2v) is 6.22. The van der Waals surface area contributed by atoms with Crippen molar-refractivity contribution in [3.63, 3.8) is 0 Å². The summed E-state index contributed by atoms with van der Waals surface area (Å²) < 4.78 is 7.80. The summed E-state index contributed by atoms with van der Waals surface area (Å²) >= 11 is 0. The number of furan rings is 1. The molecular weight excluding hydrogens is 326 g/mol. The maximum Gasteiger partial charge on any atom is 0.243 e. The number of para-hydroxylation sites is 1. The molecule has 2 atom stereocenters. The summed E-state index contributed by atoms with van der Waals surface area (Å²) in [6.45, 7) is 1.84. The Kier molecular flexibility index (Phi) is 4.27. The van der Waals surface area contributed by atoms with Gasteiger partial charge in [0.1, 0.15) is 23.4 Å². The van der Waals surface area contributed by atoms with E-state index in [1.54, 1.807) is 23.3 Å². The third-order valence-electron chi connectivity index (χ3n) is 4.50. The Bertz CT molecular complexity index is 973. The summed E-state index contributed by atoms with van der Waals surface area (Å²) in [5, 5.41) is 4.13. The maximum atomic E-state index is 12.8. The predicted octanol–water partition coefficient (Wildman–Crippen LogP) is 4.10. The number of aromatic nitrogens is 2. The normalized spacial score (nSPS) is 13.4. The molecule has 0 fully saturated rings.